The number of nitrogens with two attached hydrogens (primary N) is 1. The highest BCUT2D eigenvalue weighted by Gasteiger charge is 2.22. The second-order valence-electron chi connectivity index (χ2n) is 4.66. The number of likely N-dealkylation sites (tertiary alicyclic amines) is 1. The molecule has 1 unspecified atom stereocenters. The molecule has 0 radical (unpaired) electrons. The molecule has 1 heterocycles. The monoisotopic (exact) mass is 218 g/mol. The third-order valence-corrected chi connectivity index (χ3v) is 3.08. The summed E-state index contributed by atoms with van der Waals surface area (Å²) in [6, 6.07) is 7.56. The molecular weight excluding hydrogens is 200 g/mol. The van der Waals surface area contributed by atoms with E-state index in [0.29, 0.717) is 12.3 Å². The topological polar surface area (TPSA) is 46.3 Å². The standard InChI is InChI=1S/C13H18N2O/c1-10-5-6-15(9-10)13(16)8-11-3-2-4-12(14)7-11/h2-4,7,10H,5-6,8-9,14H2,1H3. The van der Waals surface area contributed by atoms with Crippen LogP contribution in [0.2, 0.25) is 0 Å². The van der Waals surface area contributed by atoms with E-state index in [1.807, 2.05) is 29.2 Å². The molecule has 0 aliphatic carbocycles. The molecule has 1 aliphatic rings. The normalized spacial score (nSPS) is 20.1. The molecule has 0 saturated carbocycles. The van der Waals surface area contributed by atoms with Gasteiger partial charge in [-0.15, -0.1) is 0 Å². The SMILES string of the molecule is CC1CCN(C(=O)Cc2cccc(N)c2)C1. The molecular formula is C13H18N2O. The number of carbonyl (C=O) groups excluding carboxylic acids is 1. The highest BCUT2D eigenvalue weighted by atomic mass is 16.2. The molecule has 1 aromatic rings. The van der Waals surface area contributed by atoms with Gasteiger partial charge in [-0.25, -0.2) is 0 Å². The Morgan fingerprint density at radius 2 is 2.38 bits per heavy atom. The Kier molecular flexibility index (Phi) is 3.13. The van der Waals surface area contributed by atoms with Gasteiger partial charge in [-0.3, -0.25) is 4.79 Å². The highest BCUT2D eigenvalue weighted by Crippen LogP contribution is 2.17. The molecule has 1 saturated heterocycles. The number of hydrogen-bond donors (Lipinski definition) is 1. The maximum atomic E-state index is 12.0. The Labute approximate surface area is 96.2 Å². The largest absolute Gasteiger partial charge is 0.399 e. The Morgan fingerprint density at radius 1 is 1.56 bits per heavy atom. The van der Waals surface area contributed by atoms with Crippen molar-refractivity contribution >= 4 is 11.6 Å². The van der Waals surface area contributed by atoms with Crippen LogP contribution >= 0.6 is 0 Å². The third kappa shape index (κ3) is 2.54. The van der Waals surface area contributed by atoms with Crippen LogP contribution in [0.1, 0.15) is 18.9 Å². The van der Waals surface area contributed by atoms with Gasteiger partial charge in [0.05, 0.1) is 6.42 Å². The van der Waals surface area contributed by atoms with Crippen LogP contribution in [-0.2, 0) is 11.2 Å². The average molecular weight is 218 g/mol. The van der Waals surface area contributed by atoms with Crippen molar-refractivity contribution in [1.82, 2.24) is 4.90 Å². The van der Waals surface area contributed by atoms with E-state index in [1.54, 1.807) is 0 Å². The summed E-state index contributed by atoms with van der Waals surface area (Å²) < 4.78 is 0. The number of amides is 1. The quantitative estimate of drug-likeness (QED) is 0.768. The number of nitrogens with zero attached hydrogens (tertiary/aromatic N) is 1. The summed E-state index contributed by atoms with van der Waals surface area (Å²) in [5.74, 6) is 0.861. The highest BCUT2D eigenvalue weighted by molar-refractivity contribution is 5.79. The summed E-state index contributed by atoms with van der Waals surface area (Å²) in [5.41, 5.74) is 7.41. The van der Waals surface area contributed by atoms with Gasteiger partial charge in [0, 0.05) is 18.8 Å². The van der Waals surface area contributed by atoms with Crippen molar-refractivity contribution in [3.63, 3.8) is 0 Å². The van der Waals surface area contributed by atoms with Crippen LogP contribution in [0, 0.1) is 5.92 Å². The second kappa shape index (κ2) is 4.56. The number of nitrogen functional groups attached to an aromatic ring is 1. The first-order valence-electron chi connectivity index (χ1n) is 5.77. The minimum absolute atomic E-state index is 0.218. The Bertz CT molecular complexity index is 389. The fourth-order valence-corrected chi connectivity index (χ4v) is 2.15. The van der Waals surface area contributed by atoms with E-state index < -0.39 is 0 Å². The van der Waals surface area contributed by atoms with E-state index >= 15 is 0 Å². The Morgan fingerprint density at radius 3 is 3.00 bits per heavy atom. The molecule has 3 nitrogen and oxygen atoms in total. The van der Waals surface area contributed by atoms with Crippen molar-refractivity contribution in [3.05, 3.63) is 29.8 Å². The number of benzene rings is 1. The van der Waals surface area contributed by atoms with Crippen LogP contribution < -0.4 is 5.73 Å². The predicted molar refractivity (Wildman–Crippen MR) is 64.9 cm³/mol. The molecule has 2 N–H and O–H groups in total. The van der Waals surface area contributed by atoms with E-state index in [0.717, 1.165) is 30.8 Å². The smallest absolute Gasteiger partial charge is 0.226 e. The van der Waals surface area contributed by atoms with E-state index in [-0.39, 0.29) is 5.91 Å². The first-order chi connectivity index (χ1) is 7.65. The van der Waals surface area contributed by atoms with Crippen molar-refractivity contribution in [3.8, 4) is 0 Å². The van der Waals surface area contributed by atoms with E-state index in [1.165, 1.54) is 0 Å². The Balaban J connectivity index is 1.97. The predicted octanol–water partition coefficient (Wildman–Crippen LogP) is 1.68. The van der Waals surface area contributed by atoms with Gasteiger partial charge in [-0.1, -0.05) is 19.1 Å². The lowest BCUT2D eigenvalue weighted by atomic mass is 10.1. The number of rotatable bonds is 2. The van der Waals surface area contributed by atoms with Crippen LogP contribution in [-0.4, -0.2) is 23.9 Å². The van der Waals surface area contributed by atoms with Crippen LogP contribution in [0.4, 0.5) is 5.69 Å². The zero-order chi connectivity index (χ0) is 11.5. The minimum Gasteiger partial charge on any atom is -0.399 e. The maximum absolute atomic E-state index is 12.0. The molecule has 1 fully saturated rings. The lowest BCUT2D eigenvalue weighted by molar-refractivity contribution is -0.129. The average Bonchev–Trinajstić information content (AvgIpc) is 2.65. The second-order valence-corrected chi connectivity index (χ2v) is 4.66. The summed E-state index contributed by atoms with van der Waals surface area (Å²) >= 11 is 0. The fraction of sp³-hybridized carbons (Fsp3) is 0.462. The molecule has 1 amide bonds. The molecule has 0 aromatic heterocycles. The molecule has 1 aliphatic heterocycles. The molecule has 16 heavy (non-hydrogen) atoms. The van der Waals surface area contributed by atoms with Gasteiger partial charge in [-0.05, 0) is 30.0 Å². The number of carbonyl (C=O) groups is 1. The summed E-state index contributed by atoms with van der Waals surface area (Å²) in [5, 5.41) is 0. The minimum atomic E-state index is 0.218. The van der Waals surface area contributed by atoms with Crippen molar-refractivity contribution in [2.45, 2.75) is 19.8 Å². The van der Waals surface area contributed by atoms with Crippen molar-refractivity contribution in [1.29, 1.82) is 0 Å². The molecule has 0 bridgehead atoms. The maximum Gasteiger partial charge on any atom is 0.226 e. The lowest BCUT2D eigenvalue weighted by Crippen LogP contribution is -2.29. The summed E-state index contributed by atoms with van der Waals surface area (Å²) in [6.45, 7) is 4.00. The van der Waals surface area contributed by atoms with Crippen LogP contribution in [0.3, 0.4) is 0 Å². The first kappa shape index (κ1) is 11.0. The molecule has 2 rings (SSSR count). The first-order valence-corrected chi connectivity index (χ1v) is 5.77. The third-order valence-electron chi connectivity index (χ3n) is 3.08. The molecule has 1 atom stereocenters. The van der Waals surface area contributed by atoms with Crippen LogP contribution in [0.5, 0.6) is 0 Å². The number of hydrogen-bond acceptors (Lipinski definition) is 2. The molecule has 1 aromatic carbocycles. The van der Waals surface area contributed by atoms with Crippen LogP contribution in [0.15, 0.2) is 24.3 Å². The summed E-state index contributed by atoms with van der Waals surface area (Å²) in [7, 11) is 0. The summed E-state index contributed by atoms with van der Waals surface area (Å²) in [4.78, 5) is 13.9. The molecule has 3 heteroatoms. The van der Waals surface area contributed by atoms with Gasteiger partial charge in [-0.2, -0.15) is 0 Å². The molecule has 0 spiro atoms. The van der Waals surface area contributed by atoms with E-state index in [9.17, 15) is 4.79 Å². The Hall–Kier alpha value is -1.51. The van der Waals surface area contributed by atoms with Gasteiger partial charge in [0.2, 0.25) is 5.91 Å². The van der Waals surface area contributed by atoms with Crippen LogP contribution in [0.25, 0.3) is 0 Å². The fourth-order valence-electron chi connectivity index (χ4n) is 2.15. The van der Waals surface area contributed by atoms with E-state index in [2.05, 4.69) is 6.92 Å². The van der Waals surface area contributed by atoms with Crippen molar-refractivity contribution < 1.29 is 4.79 Å². The van der Waals surface area contributed by atoms with E-state index in [4.69, 9.17) is 5.73 Å². The number of anilines is 1. The van der Waals surface area contributed by atoms with Gasteiger partial charge in [0.15, 0.2) is 0 Å². The zero-order valence-corrected chi connectivity index (χ0v) is 9.65. The summed E-state index contributed by atoms with van der Waals surface area (Å²) in [6.07, 6.45) is 1.60. The van der Waals surface area contributed by atoms with Gasteiger partial charge in [0.25, 0.3) is 0 Å². The lowest BCUT2D eigenvalue weighted by Gasteiger charge is -2.15. The zero-order valence-electron chi connectivity index (χ0n) is 9.65. The molecule has 86 valence electrons. The van der Waals surface area contributed by atoms with Crippen molar-refractivity contribution in [2.24, 2.45) is 5.92 Å². The van der Waals surface area contributed by atoms with Gasteiger partial charge >= 0.3 is 0 Å². The van der Waals surface area contributed by atoms with Gasteiger partial charge < -0.3 is 10.6 Å². The van der Waals surface area contributed by atoms with Crippen molar-refractivity contribution in [2.75, 3.05) is 18.8 Å². The van der Waals surface area contributed by atoms with Gasteiger partial charge in [0.1, 0.15) is 0 Å².